The van der Waals surface area contributed by atoms with Crippen LogP contribution < -0.4 is 5.32 Å². The number of carbonyl (C=O) groups is 2. The van der Waals surface area contributed by atoms with Crippen molar-refractivity contribution < 1.29 is 19.1 Å². The third kappa shape index (κ3) is 2.17. The molecule has 2 N–H and O–H groups in total. The summed E-state index contributed by atoms with van der Waals surface area (Å²) >= 11 is 0. The summed E-state index contributed by atoms with van der Waals surface area (Å²) < 4.78 is 13.1. The third-order valence-electron chi connectivity index (χ3n) is 4.60. The first kappa shape index (κ1) is 13.1. The molecule has 106 valence electrons. The zero-order valence-corrected chi connectivity index (χ0v) is 10.9. The van der Waals surface area contributed by atoms with Crippen molar-refractivity contribution in [3.8, 4) is 0 Å². The minimum Gasteiger partial charge on any atom is -0.481 e. The minimum absolute atomic E-state index is 0.112. The maximum Gasteiger partial charge on any atom is 0.307 e. The maximum atomic E-state index is 13.1. The number of carbonyl (C=O) groups excluding carboxylic acids is 1. The summed E-state index contributed by atoms with van der Waals surface area (Å²) in [7, 11) is 0. The zero-order chi connectivity index (χ0) is 14.3. The Bertz CT molecular complexity index is 560. The largest absolute Gasteiger partial charge is 0.481 e. The van der Waals surface area contributed by atoms with Crippen molar-refractivity contribution >= 4 is 17.6 Å². The van der Waals surface area contributed by atoms with Gasteiger partial charge in [0.1, 0.15) is 5.82 Å². The van der Waals surface area contributed by atoms with E-state index in [0.29, 0.717) is 5.69 Å². The van der Waals surface area contributed by atoms with Crippen molar-refractivity contribution in [3.63, 3.8) is 0 Å². The number of halogens is 1. The molecule has 3 rings (SSSR count). The van der Waals surface area contributed by atoms with Crippen molar-refractivity contribution in [1.82, 2.24) is 0 Å². The lowest BCUT2D eigenvalue weighted by Crippen LogP contribution is -2.37. The Morgan fingerprint density at radius 2 is 1.90 bits per heavy atom. The number of aliphatic carboxylic acids is 1. The summed E-state index contributed by atoms with van der Waals surface area (Å²) in [5, 5.41) is 12.0. The van der Waals surface area contributed by atoms with E-state index >= 15 is 0 Å². The van der Waals surface area contributed by atoms with Crippen LogP contribution in [0.2, 0.25) is 0 Å². The molecular weight excluding hydrogens is 261 g/mol. The molecule has 0 radical (unpaired) electrons. The molecule has 1 amide bonds. The van der Waals surface area contributed by atoms with Gasteiger partial charge in [0.2, 0.25) is 5.91 Å². The van der Waals surface area contributed by atoms with Gasteiger partial charge in [-0.1, -0.05) is 6.07 Å². The fourth-order valence-corrected chi connectivity index (χ4v) is 3.82. The van der Waals surface area contributed by atoms with Gasteiger partial charge in [0.25, 0.3) is 0 Å². The second-order valence-electron chi connectivity index (χ2n) is 5.72. The number of amides is 1. The highest BCUT2D eigenvalue weighted by Gasteiger charge is 2.53. The number of anilines is 1. The Hall–Kier alpha value is -1.91. The van der Waals surface area contributed by atoms with E-state index in [9.17, 15) is 19.1 Å². The Balaban J connectivity index is 1.78. The molecule has 0 unspecified atom stereocenters. The molecule has 4 nitrogen and oxygen atoms in total. The number of carboxylic acids is 1. The summed E-state index contributed by atoms with van der Waals surface area (Å²) in [4.78, 5) is 23.7. The molecule has 20 heavy (non-hydrogen) atoms. The number of benzene rings is 1. The Kier molecular flexibility index (Phi) is 3.20. The summed E-state index contributed by atoms with van der Waals surface area (Å²) in [6, 6.07) is 5.65. The molecule has 5 heteroatoms. The highest BCUT2D eigenvalue weighted by Crippen LogP contribution is 2.52. The predicted molar refractivity (Wildman–Crippen MR) is 70.5 cm³/mol. The van der Waals surface area contributed by atoms with Gasteiger partial charge < -0.3 is 10.4 Å². The van der Waals surface area contributed by atoms with Crippen LogP contribution in [0.4, 0.5) is 10.1 Å². The molecule has 2 fully saturated rings. The van der Waals surface area contributed by atoms with E-state index in [1.807, 2.05) is 0 Å². The van der Waals surface area contributed by atoms with Crippen LogP contribution in [0.3, 0.4) is 0 Å². The fraction of sp³-hybridized carbons (Fsp3) is 0.467. The number of carboxylic acid groups (broad SMARTS) is 1. The number of fused-ring (bicyclic) bond motifs is 2. The molecular formula is C15H16FNO3. The number of hydrogen-bond acceptors (Lipinski definition) is 2. The Morgan fingerprint density at radius 3 is 2.55 bits per heavy atom. The van der Waals surface area contributed by atoms with Gasteiger partial charge in [0.15, 0.2) is 0 Å². The average molecular weight is 277 g/mol. The van der Waals surface area contributed by atoms with Gasteiger partial charge in [-0.05, 0) is 49.3 Å². The lowest BCUT2D eigenvalue weighted by atomic mass is 9.78. The Labute approximate surface area is 116 Å². The quantitative estimate of drug-likeness (QED) is 0.892. The number of nitrogens with one attached hydrogen (secondary N) is 1. The van der Waals surface area contributed by atoms with E-state index in [-0.39, 0.29) is 17.7 Å². The second-order valence-corrected chi connectivity index (χ2v) is 5.72. The predicted octanol–water partition coefficient (Wildman–Crippen LogP) is 2.51. The molecule has 0 saturated heterocycles. The lowest BCUT2D eigenvalue weighted by molar-refractivity contribution is -0.148. The molecule has 0 aromatic heterocycles. The van der Waals surface area contributed by atoms with E-state index in [0.717, 1.165) is 19.3 Å². The standard InChI is InChI=1S/C15H16FNO3/c16-10-2-1-3-11(7-10)17-14(18)12-8-4-5-9(6-8)13(12)15(19)20/h1-3,7-9,12-13H,4-6H2,(H,17,18)(H,19,20)/t8-,9+,12-,13+/m1/s1. The molecule has 1 aromatic carbocycles. The van der Waals surface area contributed by atoms with Gasteiger partial charge in [0.05, 0.1) is 11.8 Å². The maximum absolute atomic E-state index is 13.1. The molecule has 2 aliphatic carbocycles. The summed E-state index contributed by atoms with van der Waals surface area (Å²) in [5.41, 5.74) is 0.377. The van der Waals surface area contributed by atoms with Gasteiger partial charge in [0, 0.05) is 5.69 Å². The molecule has 1 aromatic rings. The van der Waals surface area contributed by atoms with Crippen LogP contribution in [-0.4, -0.2) is 17.0 Å². The van der Waals surface area contributed by atoms with Crippen molar-refractivity contribution in [2.45, 2.75) is 19.3 Å². The van der Waals surface area contributed by atoms with Crippen molar-refractivity contribution in [3.05, 3.63) is 30.1 Å². The van der Waals surface area contributed by atoms with Gasteiger partial charge in [-0.25, -0.2) is 4.39 Å². The van der Waals surface area contributed by atoms with Crippen molar-refractivity contribution in [2.75, 3.05) is 5.32 Å². The summed E-state index contributed by atoms with van der Waals surface area (Å²) in [5.74, 6) is -2.44. The SMILES string of the molecule is O=C(Nc1cccc(F)c1)[C@@H]1[C@@H]2CC[C@@H](C2)[C@@H]1C(=O)O. The molecule has 0 aliphatic heterocycles. The highest BCUT2D eigenvalue weighted by atomic mass is 19.1. The second kappa shape index (κ2) is 4.89. The van der Waals surface area contributed by atoms with Gasteiger partial charge >= 0.3 is 5.97 Å². The molecule has 0 spiro atoms. The summed E-state index contributed by atoms with van der Waals surface area (Å²) in [6.07, 6.45) is 2.62. The van der Waals surface area contributed by atoms with Gasteiger partial charge in [-0.3, -0.25) is 9.59 Å². The first-order valence-corrected chi connectivity index (χ1v) is 6.85. The molecule has 2 saturated carbocycles. The zero-order valence-electron chi connectivity index (χ0n) is 10.9. The average Bonchev–Trinajstić information content (AvgIpc) is 2.98. The highest BCUT2D eigenvalue weighted by molar-refractivity contribution is 5.96. The van der Waals surface area contributed by atoms with Crippen LogP contribution in [0.5, 0.6) is 0 Å². The smallest absolute Gasteiger partial charge is 0.307 e. The van der Waals surface area contributed by atoms with Crippen LogP contribution in [0.25, 0.3) is 0 Å². The molecule has 4 atom stereocenters. The fourth-order valence-electron chi connectivity index (χ4n) is 3.82. The van der Waals surface area contributed by atoms with Gasteiger partial charge in [-0.2, -0.15) is 0 Å². The first-order valence-electron chi connectivity index (χ1n) is 6.85. The van der Waals surface area contributed by atoms with Crippen molar-refractivity contribution in [2.24, 2.45) is 23.7 Å². The van der Waals surface area contributed by atoms with E-state index in [1.54, 1.807) is 6.07 Å². The first-order chi connectivity index (χ1) is 9.56. The van der Waals surface area contributed by atoms with Crippen LogP contribution in [-0.2, 0) is 9.59 Å². The Morgan fingerprint density at radius 1 is 1.20 bits per heavy atom. The van der Waals surface area contributed by atoms with Gasteiger partial charge in [-0.15, -0.1) is 0 Å². The minimum atomic E-state index is -0.892. The molecule has 2 aliphatic rings. The number of rotatable bonds is 3. The van der Waals surface area contributed by atoms with E-state index in [2.05, 4.69) is 5.32 Å². The topological polar surface area (TPSA) is 66.4 Å². The van der Waals surface area contributed by atoms with E-state index in [4.69, 9.17) is 0 Å². The number of hydrogen-bond donors (Lipinski definition) is 2. The van der Waals surface area contributed by atoms with E-state index < -0.39 is 23.6 Å². The molecule has 2 bridgehead atoms. The monoisotopic (exact) mass is 277 g/mol. The van der Waals surface area contributed by atoms with Crippen LogP contribution in [0.1, 0.15) is 19.3 Å². The lowest BCUT2D eigenvalue weighted by Gasteiger charge is -2.27. The van der Waals surface area contributed by atoms with E-state index in [1.165, 1.54) is 18.2 Å². The van der Waals surface area contributed by atoms with Crippen LogP contribution in [0, 0.1) is 29.5 Å². The van der Waals surface area contributed by atoms with Crippen molar-refractivity contribution in [1.29, 1.82) is 0 Å². The third-order valence-corrected chi connectivity index (χ3v) is 4.60. The van der Waals surface area contributed by atoms with Crippen LogP contribution >= 0.6 is 0 Å². The normalized spacial score (nSPS) is 31.2. The summed E-state index contributed by atoms with van der Waals surface area (Å²) in [6.45, 7) is 0. The van der Waals surface area contributed by atoms with Crippen LogP contribution in [0.15, 0.2) is 24.3 Å². The molecule has 0 heterocycles.